The summed E-state index contributed by atoms with van der Waals surface area (Å²) in [5.41, 5.74) is 11.9. The molecule has 0 radical (unpaired) electrons. The monoisotopic (exact) mass is 552 g/mol. The maximum atomic E-state index is 12.6. The van der Waals surface area contributed by atoms with Gasteiger partial charge in [-0.05, 0) is 86.6 Å². The van der Waals surface area contributed by atoms with E-state index in [1.807, 2.05) is 52.0 Å². The minimum Gasteiger partial charge on any atom is -0.481 e. The number of nitrogens with one attached hydrogen (secondary N) is 2. The molecule has 0 saturated heterocycles. The number of aromatic amines is 2. The minimum atomic E-state index is -1.02. The summed E-state index contributed by atoms with van der Waals surface area (Å²) in [7, 11) is 0. The fourth-order valence-corrected chi connectivity index (χ4v) is 6.33. The second-order valence-corrected chi connectivity index (χ2v) is 11.1. The van der Waals surface area contributed by atoms with E-state index >= 15 is 0 Å². The van der Waals surface area contributed by atoms with Crippen molar-refractivity contribution in [3.8, 4) is 0 Å². The molecular weight excluding hydrogens is 516 g/mol. The molecule has 8 heteroatoms. The average molecular weight is 553 g/mol. The molecule has 2 atom stereocenters. The number of aliphatic carboxylic acids is 1. The van der Waals surface area contributed by atoms with Crippen LogP contribution >= 0.6 is 0 Å². The molecule has 0 aliphatic carbocycles. The van der Waals surface area contributed by atoms with Gasteiger partial charge in [0, 0.05) is 51.8 Å². The number of nitrogens with zero attached hydrogens (tertiary/aromatic N) is 2. The smallest absolute Gasteiger partial charge is 0.338 e. The molecule has 0 unspecified atom stereocenters. The summed E-state index contributed by atoms with van der Waals surface area (Å²) in [6, 6.07) is 6.00. The fourth-order valence-electron chi connectivity index (χ4n) is 6.33. The van der Waals surface area contributed by atoms with Crippen molar-refractivity contribution in [1.29, 1.82) is 0 Å². The SMILES string of the molecule is C=CC1=C(C)c2cc3nc(c(C)c4[nH]c(cc5[nH]c(cc1n2)c(C)c5CC)c(C)c4C(=O)O)[C@@H](CCC(=O)O)[C@@H]3C. The van der Waals surface area contributed by atoms with Crippen LogP contribution in [-0.2, 0) is 11.2 Å². The predicted molar refractivity (Wildman–Crippen MR) is 162 cm³/mol. The number of aryl methyl sites for hydroxylation is 4. The third-order valence-corrected chi connectivity index (χ3v) is 8.77. The first-order valence-corrected chi connectivity index (χ1v) is 14.0. The first kappa shape index (κ1) is 28.1. The molecular formula is C33H36N4O4. The highest BCUT2D eigenvalue weighted by atomic mass is 16.4. The third-order valence-electron chi connectivity index (χ3n) is 8.77. The van der Waals surface area contributed by atoms with Gasteiger partial charge in [0.2, 0.25) is 0 Å². The van der Waals surface area contributed by atoms with Gasteiger partial charge in [0.1, 0.15) is 0 Å². The van der Waals surface area contributed by atoms with E-state index in [0.29, 0.717) is 34.3 Å². The Bertz CT molecular complexity index is 1820. The molecule has 3 aromatic rings. The van der Waals surface area contributed by atoms with Gasteiger partial charge in [-0.25, -0.2) is 9.78 Å². The van der Waals surface area contributed by atoms with Crippen molar-refractivity contribution >= 4 is 45.2 Å². The summed E-state index contributed by atoms with van der Waals surface area (Å²) in [6.07, 6.45) is 3.00. The van der Waals surface area contributed by atoms with Crippen LogP contribution in [0.25, 0.3) is 33.2 Å². The number of carboxylic acids is 2. The molecule has 8 nitrogen and oxygen atoms in total. The second-order valence-electron chi connectivity index (χ2n) is 11.1. The Kier molecular flexibility index (Phi) is 7.19. The Labute approximate surface area is 238 Å². The number of carbonyl (C=O) groups is 2. The zero-order valence-corrected chi connectivity index (χ0v) is 24.4. The van der Waals surface area contributed by atoms with Gasteiger partial charge >= 0.3 is 11.9 Å². The average Bonchev–Trinajstić information content (AvgIpc) is 3.60. The Morgan fingerprint density at radius 1 is 0.951 bits per heavy atom. The normalized spacial score (nSPS) is 16.7. The lowest BCUT2D eigenvalue weighted by Crippen LogP contribution is -2.07. The van der Waals surface area contributed by atoms with E-state index in [-0.39, 0.29) is 23.8 Å². The van der Waals surface area contributed by atoms with Crippen LogP contribution in [0.15, 0.2) is 30.9 Å². The van der Waals surface area contributed by atoms with Gasteiger partial charge in [0.15, 0.2) is 0 Å². The quantitative estimate of drug-likeness (QED) is 0.252. The van der Waals surface area contributed by atoms with Gasteiger partial charge in [-0.15, -0.1) is 0 Å². The topological polar surface area (TPSA) is 132 Å². The summed E-state index contributed by atoms with van der Waals surface area (Å²) < 4.78 is 0. The van der Waals surface area contributed by atoms with Gasteiger partial charge in [-0.2, -0.15) is 0 Å². The molecule has 0 spiro atoms. The van der Waals surface area contributed by atoms with Gasteiger partial charge in [0.25, 0.3) is 0 Å². The lowest BCUT2D eigenvalue weighted by Gasteiger charge is -2.16. The molecule has 4 N–H and O–H groups in total. The first-order valence-electron chi connectivity index (χ1n) is 14.0. The van der Waals surface area contributed by atoms with E-state index in [4.69, 9.17) is 9.97 Å². The zero-order chi connectivity index (χ0) is 29.7. The standard InChI is InChI=1S/C33H36N4O4/c1-8-20-15(3)23-12-25-17(5)22(10-11-29(38)39)31(36-25)19(7)32-30(33(40)41)18(6)26(37-32)14-28-21(9-2)16(4)24(35-28)13-27(20)34-23/h8,12-14,17,22,35,37H,1,9-11H2,2-7H3,(H,38,39)(H,40,41)/t17-,22-/m0/s1. The van der Waals surface area contributed by atoms with Crippen LogP contribution < -0.4 is 0 Å². The van der Waals surface area contributed by atoms with Gasteiger partial charge in [-0.1, -0.05) is 26.5 Å². The first-order chi connectivity index (χ1) is 19.5. The maximum Gasteiger partial charge on any atom is 0.338 e. The Morgan fingerprint density at radius 2 is 1.66 bits per heavy atom. The highest BCUT2D eigenvalue weighted by molar-refractivity contribution is 6.02. The van der Waals surface area contributed by atoms with Crippen molar-refractivity contribution < 1.29 is 19.8 Å². The Morgan fingerprint density at radius 3 is 2.29 bits per heavy atom. The Balaban J connectivity index is 1.99. The fraction of sp³-hybridized carbons (Fsp3) is 0.333. The van der Waals surface area contributed by atoms with Crippen molar-refractivity contribution in [1.82, 2.24) is 19.9 Å². The van der Waals surface area contributed by atoms with Crippen LogP contribution in [0.1, 0.15) is 101 Å². The molecule has 0 aromatic carbocycles. The summed E-state index contributed by atoms with van der Waals surface area (Å²) >= 11 is 0. The van der Waals surface area contributed by atoms with Crippen molar-refractivity contribution in [2.45, 2.75) is 72.6 Å². The molecule has 212 valence electrons. The van der Waals surface area contributed by atoms with Crippen molar-refractivity contribution in [3.63, 3.8) is 0 Å². The highest BCUT2D eigenvalue weighted by Crippen LogP contribution is 2.42. The van der Waals surface area contributed by atoms with Crippen LogP contribution in [0.4, 0.5) is 0 Å². The molecule has 2 aliphatic heterocycles. The van der Waals surface area contributed by atoms with Crippen LogP contribution in [0.5, 0.6) is 0 Å². The molecule has 8 bridgehead atoms. The summed E-state index contributed by atoms with van der Waals surface area (Å²) in [6.45, 7) is 16.0. The third kappa shape index (κ3) is 4.67. The van der Waals surface area contributed by atoms with E-state index in [2.05, 4.69) is 30.4 Å². The molecule has 0 amide bonds. The summed E-state index contributed by atoms with van der Waals surface area (Å²) in [4.78, 5) is 41.1. The lowest BCUT2D eigenvalue weighted by atomic mass is 9.85. The van der Waals surface area contributed by atoms with E-state index in [1.54, 1.807) is 0 Å². The van der Waals surface area contributed by atoms with Crippen LogP contribution in [0.3, 0.4) is 0 Å². The predicted octanol–water partition coefficient (Wildman–Crippen LogP) is 7.37. The number of aromatic carboxylic acids is 1. The molecule has 2 aliphatic rings. The minimum absolute atomic E-state index is 0.00931. The van der Waals surface area contributed by atoms with Crippen LogP contribution in [0.2, 0.25) is 0 Å². The number of hydrogen-bond acceptors (Lipinski definition) is 4. The number of rotatable bonds is 6. The second kappa shape index (κ2) is 10.5. The lowest BCUT2D eigenvalue weighted by molar-refractivity contribution is -0.137. The van der Waals surface area contributed by atoms with Gasteiger partial charge < -0.3 is 20.2 Å². The van der Waals surface area contributed by atoms with Crippen molar-refractivity contribution in [3.05, 3.63) is 81.4 Å². The van der Waals surface area contributed by atoms with Crippen LogP contribution in [-0.4, -0.2) is 42.1 Å². The summed E-state index contributed by atoms with van der Waals surface area (Å²) in [5.74, 6) is -2.17. The van der Waals surface area contributed by atoms with E-state index in [0.717, 1.165) is 56.8 Å². The van der Waals surface area contributed by atoms with Crippen molar-refractivity contribution in [2.75, 3.05) is 0 Å². The largest absolute Gasteiger partial charge is 0.481 e. The number of fused-ring (bicyclic) bond motifs is 8. The Hall–Kier alpha value is -4.46. The van der Waals surface area contributed by atoms with Gasteiger partial charge in [0.05, 0.1) is 22.5 Å². The van der Waals surface area contributed by atoms with E-state index in [9.17, 15) is 19.8 Å². The molecule has 5 rings (SSSR count). The number of allylic oxidation sites excluding steroid dienone is 3. The molecule has 3 aromatic heterocycles. The number of H-pyrrole nitrogens is 2. The molecule has 0 saturated carbocycles. The molecule has 41 heavy (non-hydrogen) atoms. The highest BCUT2D eigenvalue weighted by Gasteiger charge is 2.32. The van der Waals surface area contributed by atoms with Crippen LogP contribution in [0, 0.1) is 20.8 Å². The van der Waals surface area contributed by atoms with Gasteiger partial charge in [-0.3, -0.25) is 9.78 Å². The zero-order valence-electron chi connectivity index (χ0n) is 24.4. The number of carboxylic acid groups (broad SMARTS) is 2. The number of aromatic nitrogens is 4. The number of hydrogen-bond donors (Lipinski definition) is 4. The molecule has 5 heterocycles. The van der Waals surface area contributed by atoms with E-state index < -0.39 is 11.9 Å². The summed E-state index contributed by atoms with van der Waals surface area (Å²) in [5, 5.41) is 19.7. The molecule has 0 fully saturated rings. The maximum absolute atomic E-state index is 12.6. The van der Waals surface area contributed by atoms with E-state index in [1.165, 1.54) is 0 Å². The van der Waals surface area contributed by atoms with Crippen molar-refractivity contribution in [2.24, 2.45) is 0 Å².